The summed E-state index contributed by atoms with van der Waals surface area (Å²) in [6, 6.07) is 0.987. The molecule has 2 atom stereocenters. The van der Waals surface area contributed by atoms with Crippen molar-refractivity contribution >= 4 is 38.7 Å². The van der Waals surface area contributed by atoms with Crippen molar-refractivity contribution in [3.05, 3.63) is 22.2 Å². The molecule has 1 aromatic heterocycles. The van der Waals surface area contributed by atoms with Gasteiger partial charge in [-0.25, -0.2) is 22.4 Å². The normalized spacial score (nSPS) is 26.7. The summed E-state index contributed by atoms with van der Waals surface area (Å²) in [4.78, 5) is 28.1. The van der Waals surface area contributed by atoms with Crippen molar-refractivity contribution in [2.24, 2.45) is 10.8 Å². The molecule has 1 aromatic carbocycles. The van der Waals surface area contributed by atoms with E-state index < -0.39 is 28.6 Å². The molecule has 5 aliphatic rings. The number of aromatic nitrogens is 2. The number of halogens is 5. The molecule has 8 nitrogen and oxygen atoms in total. The maximum atomic E-state index is 15.4. The molecule has 2 aromatic rings. The number of anilines is 1. The smallest absolute Gasteiger partial charge is 0.410 e. The lowest BCUT2D eigenvalue weighted by Crippen LogP contribution is -2.57. The first kappa shape index (κ1) is 30.3. The third-order valence-corrected chi connectivity index (χ3v) is 10.9. The number of ether oxygens (including phenoxy) is 2. The van der Waals surface area contributed by atoms with Crippen LogP contribution in [-0.2, 0) is 4.74 Å². The van der Waals surface area contributed by atoms with E-state index in [1.165, 1.54) is 6.07 Å². The van der Waals surface area contributed by atoms with Crippen molar-refractivity contribution in [2.75, 3.05) is 44.2 Å². The number of rotatable bonds is 6. The summed E-state index contributed by atoms with van der Waals surface area (Å²) in [7, 11) is 0. The fraction of sp³-hybridized carbons (Fsp3) is 0.710. The van der Waals surface area contributed by atoms with E-state index in [0.29, 0.717) is 51.4 Å². The molecular formula is C31H38BrF4N5O3. The Morgan fingerprint density at radius 2 is 1.70 bits per heavy atom. The predicted molar refractivity (Wildman–Crippen MR) is 159 cm³/mol. The van der Waals surface area contributed by atoms with E-state index in [4.69, 9.17) is 14.5 Å². The van der Waals surface area contributed by atoms with Gasteiger partial charge in [-0.05, 0) is 94.4 Å². The van der Waals surface area contributed by atoms with E-state index in [1.807, 2.05) is 25.7 Å². The van der Waals surface area contributed by atoms with Gasteiger partial charge in [0.05, 0.1) is 23.2 Å². The number of carbonyl (C=O) groups excluding carboxylic acids is 1. The fourth-order valence-electron chi connectivity index (χ4n) is 7.41. The molecule has 5 fully saturated rings. The van der Waals surface area contributed by atoms with Crippen molar-refractivity contribution < 1.29 is 31.8 Å². The zero-order valence-corrected chi connectivity index (χ0v) is 26.9. The lowest BCUT2D eigenvalue weighted by atomic mass is 9.92. The minimum atomic E-state index is -2.51. The first-order valence-corrected chi connectivity index (χ1v) is 16.3. The summed E-state index contributed by atoms with van der Waals surface area (Å²) in [6.45, 7) is 8.73. The van der Waals surface area contributed by atoms with E-state index in [-0.39, 0.29) is 51.4 Å². The molecule has 3 saturated heterocycles. The molecule has 1 amide bonds. The average Bonchev–Trinajstić information content (AvgIpc) is 3.80. The summed E-state index contributed by atoms with van der Waals surface area (Å²) in [5, 5.41) is 0.237. The molecule has 0 radical (unpaired) electrons. The number of benzene rings is 1. The highest BCUT2D eigenvalue weighted by Crippen LogP contribution is 2.66. The number of hydrogen-bond acceptors (Lipinski definition) is 7. The SMILES string of the molecule is CC(C)(C)OC(=O)N1C2CCC1CN(c1nc(OCC3(CN4CCC5(CC4)CC5(F)F)CC3)nc3c(F)c(Br)c(F)cc13)C2. The van der Waals surface area contributed by atoms with Crippen LogP contribution in [0.25, 0.3) is 10.9 Å². The lowest BCUT2D eigenvalue weighted by molar-refractivity contribution is 0.0122. The monoisotopic (exact) mass is 683 g/mol. The average molecular weight is 685 g/mol. The zero-order valence-electron chi connectivity index (χ0n) is 25.3. The van der Waals surface area contributed by atoms with Crippen LogP contribution in [0, 0.1) is 22.5 Å². The summed E-state index contributed by atoms with van der Waals surface area (Å²) in [5.41, 5.74) is -1.58. The predicted octanol–water partition coefficient (Wildman–Crippen LogP) is 6.54. The number of alkyl halides is 2. The van der Waals surface area contributed by atoms with Crippen molar-refractivity contribution in [3.63, 3.8) is 0 Å². The Morgan fingerprint density at radius 1 is 1.07 bits per heavy atom. The topological polar surface area (TPSA) is 71.0 Å². The molecule has 240 valence electrons. The van der Waals surface area contributed by atoms with Gasteiger partial charge in [-0.2, -0.15) is 9.97 Å². The van der Waals surface area contributed by atoms with Crippen molar-refractivity contribution in [2.45, 2.75) is 89.3 Å². The summed E-state index contributed by atoms with van der Waals surface area (Å²) in [6.07, 6.45) is 4.14. The summed E-state index contributed by atoms with van der Waals surface area (Å²) < 4.78 is 69.4. The van der Waals surface area contributed by atoms with Gasteiger partial charge in [0.15, 0.2) is 5.82 Å². The highest BCUT2D eigenvalue weighted by atomic mass is 79.9. The van der Waals surface area contributed by atoms with Crippen LogP contribution >= 0.6 is 15.9 Å². The third kappa shape index (κ3) is 5.39. The van der Waals surface area contributed by atoms with Crippen molar-refractivity contribution in [1.82, 2.24) is 19.8 Å². The number of likely N-dealkylation sites (tertiary alicyclic amines) is 1. The molecule has 2 aliphatic carbocycles. The third-order valence-electron chi connectivity index (χ3n) is 10.2. The Bertz CT molecular complexity index is 1480. The van der Waals surface area contributed by atoms with Crippen LogP contribution in [0.15, 0.2) is 10.5 Å². The number of piperidine rings is 1. The van der Waals surface area contributed by atoms with Gasteiger partial charge in [0.2, 0.25) is 0 Å². The van der Waals surface area contributed by atoms with Crippen LogP contribution in [0.5, 0.6) is 6.01 Å². The minimum absolute atomic E-state index is 0.00771. The van der Waals surface area contributed by atoms with Gasteiger partial charge in [-0.15, -0.1) is 0 Å². The Kier molecular flexibility index (Phi) is 7.08. The molecule has 1 spiro atoms. The second-order valence-electron chi connectivity index (χ2n) is 14.6. The molecule has 2 bridgehead atoms. The largest absolute Gasteiger partial charge is 0.463 e. The van der Waals surface area contributed by atoms with Crippen LogP contribution in [-0.4, -0.2) is 88.8 Å². The standard InChI is InChI=1S/C31H38BrF4N5O3/c1-28(2,3)44-27(42)41-18-4-5-19(41)14-40(13-18)25-20-12-21(33)22(32)23(34)24(20)37-26(38-25)43-17-29(6-7-29)16-39-10-8-30(9-11-39)15-31(30,35)36/h12,18-19H,4-11,13-17H2,1-3H3. The number of piperazine rings is 1. The van der Waals surface area contributed by atoms with Gasteiger partial charge in [-0.1, -0.05) is 0 Å². The van der Waals surface area contributed by atoms with E-state index in [9.17, 15) is 18.0 Å². The maximum absolute atomic E-state index is 15.4. The molecule has 0 N–H and O–H groups in total. The first-order valence-electron chi connectivity index (χ1n) is 15.5. The van der Waals surface area contributed by atoms with Crippen LogP contribution in [0.4, 0.5) is 28.2 Å². The van der Waals surface area contributed by atoms with Crippen molar-refractivity contribution in [3.8, 4) is 6.01 Å². The molecule has 2 unspecified atom stereocenters. The second-order valence-corrected chi connectivity index (χ2v) is 15.4. The quantitative estimate of drug-likeness (QED) is 0.253. The summed E-state index contributed by atoms with van der Waals surface area (Å²) in [5.74, 6) is -3.73. The first-order chi connectivity index (χ1) is 20.7. The number of carbonyl (C=O) groups is 1. The molecule has 7 rings (SSSR count). The van der Waals surface area contributed by atoms with Crippen LogP contribution in [0.3, 0.4) is 0 Å². The minimum Gasteiger partial charge on any atom is -0.463 e. The molecular weight excluding hydrogens is 646 g/mol. The van der Waals surface area contributed by atoms with E-state index in [0.717, 1.165) is 32.2 Å². The van der Waals surface area contributed by atoms with Gasteiger partial charge < -0.3 is 19.3 Å². The van der Waals surface area contributed by atoms with Gasteiger partial charge >= 0.3 is 12.1 Å². The Hall–Kier alpha value is -2.41. The Balaban J connectivity index is 1.10. The van der Waals surface area contributed by atoms with Gasteiger partial charge in [0.25, 0.3) is 5.92 Å². The maximum Gasteiger partial charge on any atom is 0.410 e. The lowest BCUT2D eigenvalue weighted by Gasteiger charge is -2.42. The highest BCUT2D eigenvalue weighted by Gasteiger charge is 2.70. The van der Waals surface area contributed by atoms with Gasteiger partial charge in [0.1, 0.15) is 22.8 Å². The summed E-state index contributed by atoms with van der Waals surface area (Å²) >= 11 is 3.00. The molecule has 2 saturated carbocycles. The Labute approximate surface area is 262 Å². The van der Waals surface area contributed by atoms with E-state index in [1.54, 1.807) is 4.90 Å². The van der Waals surface area contributed by atoms with Crippen molar-refractivity contribution in [1.29, 1.82) is 0 Å². The van der Waals surface area contributed by atoms with E-state index in [2.05, 4.69) is 25.8 Å². The number of hydrogen-bond donors (Lipinski definition) is 0. The number of fused-ring (bicyclic) bond motifs is 3. The molecule has 3 aliphatic heterocycles. The molecule has 13 heteroatoms. The van der Waals surface area contributed by atoms with Crippen LogP contribution in [0.1, 0.15) is 65.7 Å². The molecule has 4 heterocycles. The zero-order chi connectivity index (χ0) is 31.2. The van der Waals surface area contributed by atoms with Crippen LogP contribution in [0.2, 0.25) is 0 Å². The number of amides is 1. The fourth-order valence-corrected chi connectivity index (χ4v) is 7.71. The second kappa shape index (κ2) is 10.3. The highest BCUT2D eigenvalue weighted by molar-refractivity contribution is 9.10. The van der Waals surface area contributed by atoms with Crippen LogP contribution < -0.4 is 9.64 Å². The van der Waals surface area contributed by atoms with Gasteiger partial charge in [0, 0.05) is 42.3 Å². The van der Waals surface area contributed by atoms with E-state index >= 15 is 4.39 Å². The molecule has 44 heavy (non-hydrogen) atoms. The number of nitrogens with zero attached hydrogens (tertiary/aromatic N) is 5. The van der Waals surface area contributed by atoms with Gasteiger partial charge in [-0.3, -0.25) is 4.90 Å². The Morgan fingerprint density at radius 3 is 2.27 bits per heavy atom.